The van der Waals surface area contributed by atoms with Crippen molar-refractivity contribution in [3.63, 3.8) is 0 Å². The maximum atomic E-state index is 13.8. The van der Waals surface area contributed by atoms with Crippen molar-refractivity contribution in [2.45, 2.75) is 11.3 Å². The molecule has 1 heterocycles. The molecule has 2 aromatic rings. The summed E-state index contributed by atoms with van der Waals surface area (Å²) in [4.78, 5) is -0.669. The zero-order chi connectivity index (χ0) is 15.2. The summed E-state index contributed by atoms with van der Waals surface area (Å²) in [6, 6.07) is 7.28. The molecule has 0 aromatic heterocycles. The molecule has 110 valence electrons. The first kappa shape index (κ1) is 13.8. The number of halogens is 2. The van der Waals surface area contributed by atoms with Crippen LogP contribution in [0.2, 0.25) is 0 Å². The zero-order valence-corrected chi connectivity index (χ0v) is 11.7. The van der Waals surface area contributed by atoms with Gasteiger partial charge in [-0.15, -0.1) is 0 Å². The van der Waals surface area contributed by atoms with E-state index in [-0.39, 0.29) is 6.54 Å². The Morgan fingerprint density at radius 1 is 1.14 bits per heavy atom. The van der Waals surface area contributed by atoms with Gasteiger partial charge in [-0.05, 0) is 36.8 Å². The standard InChI is InChI=1S/C14H12F2N2O2S/c15-9-4-5-11(16)14(8-9)21(19,20)18-7-6-10-12(17)2-1-3-13(10)18/h1-5,8H,6-7,17H2. The molecular weight excluding hydrogens is 298 g/mol. The highest BCUT2D eigenvalue weighted by atomic mass is 32.2. The van der Waals surface area contributed by atoms with Crippen molar-refractivity contribution in [3.05, 3.63) is 53.6 Å². The van der Waals surface area contributed by atoms with E-state index in [1.54, 1.807) is 18.2 Å². The van der Waals surface area contributed by atoms with Crippen LogP contribution in [0.5, 0.6) is 0 Å². The maximum Gasteiger partial charge on any atom is 0.267 e. The van der Waals surface area contributed by atoms with Gasteiger partial charge < -0.3 is 5.73 Å². The molecule has 0 saturated carbocycles. The molecule has 4 nitrogen and oxygen atoms in total. The van der Waals surface area contributed by atoms with Crippen molar-refractivity contribution in [2.24, 2.45) is 0 Å². The number of nitrogens with zero attached hydrogens (tertiary/aromatic N) is 1. The first-order valence-corrected chi connectivity index (χ1v) is 7.70. The molecule has 0 aliphatic carbocycles. The van der Waals surface area contributed by atoms with Gasteiger partial charge in [-0.2, -0.15) is 0 Å². The molecule has 21 heavy (non-hydrogen) atoms. The summed E-state index contributed by atoms with van der Waals surface area (Å²) in [5, 5.41) is 0. The molecule has 1 aliphatic heterocycles. The van der Waals surface area contributed by atoms with Crippen LogP contribution in [0.1, 0.15) is 5.56 Å². The second kappa shape index (κ2) is 4.70. The van der Waals surface area contributed by atoms with Crippen molar-refractivity contribution >= 4 is 21.4 Å². The normalized spacial score (nSPS) is 14.3. The minimum Gasteiger partial charge on any atom is -0.398 e. The Labute approximate surface area is 120 Å². The van der Waals surface area contributed by atoms with Crippen LogP contribution >= 0.6 is 0 Å². The minimum absolute atomic E-state index is 0.155. The molecule has 0 atom stereocenters. The number of nitrogen functional groups attached to an aromatic ring is 1. The van der Waals surface area contributed by atoms with E-state index in [9.17, 15) is 17.2 Å². The van der Waals surface area contributed by atoms with Gasteiger partial charge in [0.2, 0.25) is 0 Å². The van der Waals surface area contributed by atoms with E-state index in [1.165, 1.54) is 0 Å². The summed E-state index contributed by atoms with van der Waals surface area (Å²) < 4.78 is 53.2. The molecule has 0 spiro atoms. The topological polar surface area (TPSA) is 63.4 Å². The van der Waals surface area contributed by atoms with Crippen molar-refractivity contribution in [1.29, 1.82) is 0 Å². The number of anilines is 2. The Balaban J connectivity index is 2.14. The molecule has 3 rings (SSSR count). The van der Waals surface area contributed by atoms with Crippen LogP contribution in [-0.2, 0) is 16.4 Å². The summed E-state index contributed by atoms with van der Waals surface area (Å²) >= 11 is 0. The third kappa shape index (κ3) is 2.13. The summed E-state index contributed by atoms with van der Waals surface area (Å²) in [6.45, 7) is 0.155. The molecule has 0 radical (unpaired) electrons. The van der Waals surface area contributed by atoms with Crippen LogP contribution in [0.25, 0.3) is 0 Å². The monoisotopic (exact) mass is 310 g/mol. The summed E-state index contributed by atoms with van der Waals surface area (Å²) in [6.07, 6.45) is 0.443. The number of hydrogen-bond acceptors (Lipinski definition) is 3. The third-order valence-corrected chi connectivity index (χ3v) is 5.31. The van der Waals surface area contributed by atoms with Crippen molar-refractivity contribution in [1.82, 2.24) is 0 Å². The second-order valence-corrected chi connectivity index (χ2v) is 6.58. The number of benzene rings is 2. The van der Waals surface area contributed by atoms with E-state index in [4.69, 9.17) is 5.73 Å². The lowest BCUT2D eigenvalue weighted by atomic mass is 10.1. The fourth-order valence-corrected chi connectivity index (χ4v) is 4.05. The summed E-state index contributed by atoms with van der Waals surface area (Å²) in [5.41, 5.74) is 7.43. The Morgan fingerprint density at radius 3 is 2.67 bits per heavy atom. The number of rotatable bonds is 2. The van der Waals surface area contributed by atoms with Crippen LogP contribution < -0.4 is 10.0 Å². The number of sulfonamides is 1. The van der Waals surface area contributed by atoms with E-state index in [0.717, 1.165) is 16.4 Å². The van der Waals surface area contributed by atoms with Crippen LogP contribution in [0, 0.1) is 11.6 Å². The van der Waals surface area contributed by atoms with Gasteiger partial charge in [-0.1, -0.05) is 6.07 Å². The minimum atomic E-state index is -4.16. The van der Waals surface area contributed by atoms with E-state index in [0.29, 0.717) is 29.4 Å². The van der Waals surface area contributed by atoms with Gasteiger partial charge in [0.05, 0.1) is 5.69 Å². The van der Waals surface area contributed by atoms with Crippen LogP contribution in [0.15, 0.2) is 41.3 Å². The van der Waals surface area contributed by atoms with Crippen LogP contribution in [-0.4, -0.2) is 15.0 Å². The first-order valence-electron chi connectivity index (χ1n) is 6.26. The molecule has 0 unspecified atom stereocenters. The van der Waals surface area contributed by atoms with Crippen LogP contribution in [0.4, 0.5) is 20.2 Å². The average Bonchev–Trinajstić information content (AvgIpc) is 2.87. The molecule has 0 amide bonds. The summed E-state index contributed by atoms with van der Waals surface area (Å²) in [5.74, 6) is -1.78. The van der Waals surface area contributed by atoms with Gasteiger partial charge in [0.15, 0.2) is 0 Å². The lowest BCUT2D eigenvalue weighted by Crippen LogP contribution is -2.29. The fourth-order valence-electron chi connectivity index (χ4n) is 2.48. The van der Waals surface area contributed by atoms with E-state index >= 15 is 0 Å². The Bertz CT molecular complexity index is 822. The molecule has 0 bridgehead atoms. The molecule has 0 saturated heterocycles. The second-order valence-electron chi connectivity index (χ2n) is 4.75. The molecule has 7 heteroatoms. The lowest BCUT2D eigenvalue weighted by Gasteiger charge is -2.20. The van der Waals surface area contributed by atoms with Gasteiger partial charge in [0, 0.05) is 17.8 Å². The van der Waals surface area contributed by atoms with Crippen molar-refractivity contribution < 1.29 is 17.2 Å². The first-order chi connectivity index (χ1) is 9.91. The molecule has 2 aromatic carbocycles. The third-order valence-electron chi connectivity index (χ3n) is 3.48. The van der Waals surface area contributed by atoms with Gasteiger partial charge in [0.25, 0.3) is 10.0 Å². The molecule has 0 fully saturated rings. The van der Waals surface area contributed by atoms with Crippen molar-refractivity contribution in [3.8, 4) is 0 Å². The Kier molecular flexibility index (Phi) is 3.09. The fraction of sp³-hybridized carbons (Fsp3) is 0.143. The average molecular weight is 310 g/mol. The Morgan fingerprint density at radius 2 is 1.90 bits per heavy atom. The molecule has 1 aliphatic rings. The predicted molar refractivity (Wildman–Crippen MR) is 75.4 cm³/mol. The van der Waals surface area contributed by atoms with Gasteiger partial charge in [-0.25, -0.2) is 17.2 Å². The largest absolute Gasteiger partial charge is 0.398 e. The van der Waals surface area contributed by atoms with E-state index in [1.807, 2.05) is 0 Å². The van der Waals surface area contributed by atoms with Gasteiger partial charge in [-0.3, -0.25) is 4.31 Å². The smallest absolute Gasteiger partial charge is 0.267 e. The highest BCUT2D eigenvalue weighted by Crippen LogP contribution is 2.36. The van der Waals surface area contributed by atoms with E-state index in [2.05, 4.69) is 0 Å². The van der Waals surface area contributed by atoms with Gasteiger partial charge >= 0.3 is 0 Å². The molecule has 2 N–H and O–H groups in total. The van der Waals surface area contributed by atoms with Crippen LogP contribution in [0.3, 0.4) is 0 Å². The quantitative estimate of drug-likeness (QED) is 0.866. The zero-order valence-electron chi connectivity index (χ0n) is 10.9. The van der Waals surface area contributed by atoms with Crippen molar-refractivity contribution in [2.75, 3.05) is 16.6 Å². The number of fused-ring (bicyclic) bond motifs is 1. The highest BCUT2D eigenvalue weighted by molar-refractivity contribution is 7.92. The number of nitrogens with two attached hydrogens (primary N) is 1. The lowest BCUT2D eigenvalue weighted by molar-refractivity contribution is 0.551. The molecular formula is C14H12F2N2O2S. The number of hydrogen-bond donors (Lipinski definition) is 1. The van der Waals surface area contributed by atoms with E-state index < -0.39 is 26.6 Å². The SMILES string of the molecule is Nc1cccc2c1CCN2S(=O)(=O)c1cc(F)ccc1F. The maximum absolute atomic E-state index is 13.8. The summed E-state index contributed by atoms with van der Waals surface area (Å²) in [7, 11) is -4.16. The predicted octanol–water partition coefficient (Wildman–Crippen LogP) is 2.30. The highest BCUT2D eigenvalue weighted by Gasteiger charge is 2.33. The van der Waals surface area contributed by atoms with Gasteiger partial charge in [0.1, 0.15) is 16.5 Å². The Hall–Kier alpha value is -2.15.